The number of thioether (sulfide) groups is 1. The van der Waals surface area contributed by atoms with Crippen molar-refractivity contribution in [2.75, 3.05) is 6.54 Å². The molecule has 0 saturated carbocycles. The molecule has 2 aromatic rings. The molecule has 1 N–H and O–H groups in total. The van der Waals surface area contributed by atoms with Gasteiger partial charge in [0.2, 0.25) is 0 Å². The third kappa shape index (κ3) is 5.92. The maximum absolute atomic E-state index is 12.9. The monoisotopic (exact) mass is 453 g/mol. The second-order valence-corrected chi connectivity index (χ2v) is 9.51. The number of rotatable bonds is 8. The first-order chi connectivity index (χ1) is 14.2. The van der Waals surface area contributed by atoms with E-state index in [2.05, 4.69) is 0 Å². The molecule has 1 aliphatic heterocycles. The molecule has 30 heavy (non-hydrogen) atoms. The first-order valence-electron chi connectivity index (χ1n) is 9.48. The highest BCUT2D eigenvalue weighted by Crippen LogP contribution is 2.35. The zero-order valence-corrected chi connectivity index (χ0v) is 18.0. The summed E-state index contributed by atoms with van der Waals surface area (Å²) in [6.45, 7) is 3.23. The van der Waals surface area contributed by atoms with Crippen molar-refractivity contribution >= 4 is 29.1 Å². The zero-order valence-electron chi connectivity index (χ0n) is 16.4. The van der Waals surface area contributed by atoms with E-state index in [-0.39, 0.29) is 10.8 Å². The molecule has 0 spiro atoms. The van der Waals surface area contributed by atoms with Crippen molar-refractivity contribution in [3.05, 3.63) is 80.5 Å². The Labute approximate surface area is 181 Å². The van der Waals surface area contributed by atoms with Crippen molar-refractivity contribution < 1.29 is 23.1 Å². The van der Waals surface area contributed by atoms with Gasteiger partial charge in [-0.1, -0.05) is 37.3 Å². The number of carboxylic acids is 1. The number of carboxylic acid groups (broad SMARTS) is 1. The van der Waals surface area contributed by atoms with E-state index >= 15 is 0 Å². The van der Waals surface area contributed by atoms with Crippen LogP contribution in [-0.2, 0) is 23.9 Å². The van der Waals surface area contributed by atoms with Crippen molar-refractivity contribution in [3.63, 3.8) is 0 Å². The van der Waals surface area contributed by atoms with E-state index in [4.69, 9.17) is 0 Å². The summed E-state index contributed by atoms with van der Waals surface area (Å²) in [6, 6.07) is 9.36. The topological polar surface area (TPSA) is 40.5 Å². The highest BCUT2D eigenvalue weighted by Gasteiger charge is 2.30. The molecule has 2 heterocycles. The normalized spacial score (nSPS) is 15.5. The fraction of sp³-hybridized carbons (Fsp3) is 0.318. The van der Waals surface area contributed by atoms with Crippen molar-refractivity contribution in [1.82, 2.24) is 4.90 Å². The number of hydrogen-bond acceptors (Lipinski definition) is 4. The Hall–Kier alpha value is -2.19. The molecular weight excluding hydrogens is 431 g/mol. The average molecular weight is 454 g/mol. The third-order valence-corrected chi connectivity index (χ3v) is 6.89. The molecule has 1 aliphatic rings. The number of aryl methyl sites for hydroxylation is 1. The maximum atomic E-state index is 12.9. The summed E-state index contributed by atoms with van der Waals surface area (Å²) < 4.78 is 38.7. The summed E-state index contributed by atoms with van der Waals surface area (Å²) in [5.41, 5.74) is 0.244. The van der Waals surface area contributed by atoms with Crippen molar-refractivity contribution in [1.29, 1.82) is 0 Å². The van der Waals surface area contributed by atoms with E-state index in [9.17, 15) is 23.1 Å². The van der Waals surface area contributed by atoms with Gasteiger partial charge in [-0.15, -0.1) is 23.1 Å². The predicted octanol–water partition coefficient (Wildman–Crippen LogP) is 6.19. The molecule has 0 radical (unpaired) electrons. The lowest BCUT2D eigenvalue weighted by Gasteiger charge is -2.30. The number of halogens is 3. The van der Waals surface area contributed by atoms with Crippen LogP contribution in [0.3, 0.4) is 0 Å². The summed E-state index contributed by atoms with van der Waals surface area (Å²) in [5.74, 6) is -0.977. The van der Waals surface area contributed by atoms with Crippen LogP contribution < -0.4 is 0 Å². The second kappa shape index (κ2) is 9.75. The number of benzene rings is 1. The SMILES string of the molecule is CC(CCc1cccc(C(F)(F)F)c1)SC1=C(C(=O)O)C=CCN1Cc1cccs1. The van der Waals surface area contributed by atoms with Crippen LogP contribution in [0.2, 0.25) is 0 Å². The average Bonchev–Trinajstić information content (AvgIpc) is 3.20. The van der Waals surface area contributed by atoms with E-state index in [0.29, 0.717) is 36.5 Å². The van der Waals surface area contributed by atoms with Gasteiger partial charge < -0.3 is 10.0 Å². The Balaban J connectivity index is 1.69. The van der Waals surface area contributed by atoms with Crippen molar-refractivity contribution in [2.24, 2.45) is 0 Å². The summed E-state index contributed by atoms with van der Waals surface area (Å²) in [4.78, 5) is 14.9. The first kappa shape index (κ1) is 22.5. The van der Waals surface area contributed by atoms with Gasteiger partial charge >= 0.3 is 12.1 Å². The number of carbonyl (C=O) groups is 1. The number of thiophene rings is 1. The van der Waals surface area contributed by atoms with Gasteiger partial charge in [-0.2, -0.15) is 13.2 Å². The number of hydrogen-bond donors (Lipinski definition) is 1. The molecule has 1 unspecified atom stereocenters. The van der Waals surface area contributed by atoms with Crippen LogP contribution >= 0.6 is 23.1 Å². The van der Waals surface area contributed by atoms with Gasteiger partial charge in [-0.05, 0) is 42.0 Å². The zero-order chi connectivity index (χ0) is 21.7. The minimum absolute atomic E-state index is 0.0428. The lowest BCUT2D eigenvalue weighted by atomic mass is 10.1. The quantitative estimate of drug-likeness (QED) is 0.517. The van der Waals surface area contributed by atoms with Crippen LogP contribution in [0.25, 0.3) is 0 Å². The van der Waals surface area contributed by atoms with E-state index in [1.165, 1.54) is 23.9 Å². The number of nitrogens with zero attached hydrogens (tertiary/aromatic N) is 1. The van der Waals surface area contributed by atoms with Crippen LogP contribution in [0.5, 0.6) is 0 Å². The van der Waals surface area contributed by atoms with Gasteiger partial charge in [0.1, 0.15) is 0 Å². The van der Waals surface area contributed by atoms with Crippen LogP contribution in [-0.4, -0.2) is 27.8 Å². The van der Waals surface area contributed by atoms with Crippen LogP contribution in [0, 0.1) is 0 Å². The second-order valence-electron chi connectivity index (χ2n) is 7.05. The largest absolute Gasteiger partial charge is 0.478 e. The molecular formula is C22H22F3NO2S2. The summed E-state index contributed by atoms with van der Waals surface area (Å²) in [6.07, 6.45) is 0.255. The van der Waals surface area contributed by atoms with Gasteiger partial charge in [-0.3, -0.25) is 0 Å². The number of aliphatic carboxylic acids is 1. The summed E-state index contributed by atoms with van der Waals surface area (Å²) in [7, 11) is 0. The molecule has 0 aliphatic carbocycles. The van der Waals surface area contributed by atoms with Crippen LogP contribution in [0.1, 0.15) is 29.3 Å². The third-order valence-electron chi connectivity index (χ3n) is 4.69. The van der Waals surface area contributed by atoms with Gasteiger partial charge in [0.05, 0.1) is 22.7 Å². The van der Waals surface area contributed by atoms with E-state index < -0.39 is 17.7 Å². The first-order valence-corrected chi connectivity index (χ1v) is 11.2. The Morgan fingerprint density at radius 3 is 2.77 bits per heavy atom. The highest BCUT2D eigenvalue weighted by atomic mass is 32.2. The number of alkyl halides is 3. The van der Waals surface area contributed by atoms with E-state index in [1.807, 2.05) is 35.4 Å². The minimum atomic E-state index is -4.35. The Morgan fingerprint density at radius 2 is 2.10 bits per heavy atom. The lowest BCUT2D eigenvalue weighted by Crippen LogP contribution is -2.27. The summed E-state index contributed by atoms with van der Waals surface area (Å²) in [5, 5.41) is 12.4. The molecule has 160 valence electrons. The Bertz CT molecular complexity index is 936. The van der Waals surface area contributed by atoms with Gasteiger partial charge in [0, 0.05) is 16.7 Å². The smallest absolute Gasteiger partial charge is 0.416 e. The lowest BCUT2D eigenvalue weighted by molar-refractivity contribution is -0.137. The fourth-order valence-electron chi connectivity index (χ4n) is 3.17. The molecule has 1 atom stereocenters. The highest BCUT2D eigenvalue weighted by molar-refractivity contribution is 8.03. The van der Waals surface area contributed by atoms with Gasteiger partial charge in [0.25, 0.3) is 0 Å². The molecule has 0 amide bonds. The minimum Gasteiger partial charge on any atom is -0.478 e. The molecule has 1 aromatic heterocycles. The van der Waals surface area contributed by atoms with Crippen LogP contribution in [0.15, 0.2) is 64.5 Å². The van der Waals surface area contributed by atoms with Gasteiger partial charge in [0.15, 0.2) is 0 Å². The van der Waals surface area contributed by atoms with Crippen molar-refractivity contribution in [2.45, 2.75) is 37.7 Å². The van der Waals surface area contributed by atoms with E-state index in [0.717, 1.165) is 10.9 Å². The maximum Gasteiger partial charge on any atom is 0.416 e. The molecule has 1 aromatic carbocycles. The molecule has 8 heteroatoms. The predicted molar refractivity (Wildman–Crippen MR) is 115 cm³/mol. The standard InChI is InChI=1S/C22H22F3NO2S2/c1-15(9-10-16-5-2-6-17(13-16)22(23,24)25)30-20-19(21(27)28)8-3-11-26(20)14-18-7-4-12-29-18/h2-8,12-13,15H,9-11,14H2,1H3,(H,27,28). The molecule has 3 rings (SSSR count). The molecule has 0 saturated heterocycles. The molecule has 3 nitrogen and oxygen atoms in total. The van der Waals surface area contributed by atoms with E-state index in [1.54, 1.807) is 23.5 Å². The Kier molecular flexibility index (Phi) is 7.31. The van der Waals surface area contributed by atoms with Gasteiger partial charge in [-0.25, -0.2) is 4.79 Å². The fourth-order valence-corrected chi connectivity index (χ4v) is 5.08. The summed E-state index contributed by atoms with van der Waals surface area (Å²) >= 11 is 3.09. The van der Waals surface area contributed by atoms with Crippen molar-refractivity contribution in [3.8, 4) is 0 Å². The Morgan fingerprint density at radius 1 is 1.30 bits per heavy atom. The van der Waals surface area contributed by atoms with Crippen LogP contribution in [0.4, 0.5) is 13.2 Å². The molecule has 0 fully saturated rings. The molecule has 0 bridgehead atoms.